The van der Waals surface area contributed by atoms with Crippen LogP contribution in [0.15, 0.2) is 83.7 Å². The molecule has 0 spiro atoms. The molecule has 0 atom stereocenters. The Balaban J connectivity index is 0.000000189. The van der Waals surface area contributed by atoms with Crippen molar-refractivity contribution in [3.8, 4) is 22.5 Å². The van der Waals surface area contributed by atoms with Crippen molar-refractivity contribution in [1.29, 1.82) is 0 Å². The first kappa shape index (κ1) is 35.9. The standard InChI is InChI=1S/C23H21N2O.C19H26NSi.Ir/c1-15-12-21(25-14-17(15)13-16-6-2-3-7-16)20-9-4-8-18-19-10-5-11-24-23(19)26-22(18)20;1-19(2,3)13-16-12-17(15-10-8-7-9-11-15)20-14-18(16)21(4,5)6;/h4-5,8,10-12,14,16H,2-3,6-7,13H2,1H3;7-10,12,14H,13H2,1-6H3;/q2*-1;. The van der Waals surface area contributed by atoms with Crippen molar-refractivity contribution in [1.82, 2.24) is 15.0 Å². The van der Waals surface area contributed by atoms with Crippen molar-refractivity contribution in [3.05, 3.63) is 108 Å². The number of hydrogen-bond donors (Lipinski definition) is 0. The van der Waals surface area contributed by atoms with Gasteiger partial charge in [-0.3, -0.25) is 0 Å². The van der Waals surface area contributed by atoms with Gasteiger partial charge in [0.25, 0.3) is 0 Å². The van der Waals surface area contributed by atoms with Gasteiger partial charge in [-0.1, -0.05) is 100 Å². The van der Waals surface area contributed by atoms with Crippen LogP contribution in [0.3, 0.4) is 0 Å². The third-order valence-corrected chi connectivity index (χ3v) is 11.2. The second kappa shape index (κ2) is 15.0. The summed E-state index contributed by atoms with van der Waals surface area (Å²) < 4.78 is 6.03. The summed E-state index contributed by atoms with van der Waals surface area (Å²) in [6, 6.07) is 27.1. The van der Waals surface area contributed by atoms with Gasteiger partial charge >= 0.3 is 0 Å². The Morgan fingerprint density at radius 1 is 0.833 bits per heavy atom. The van der Waals surface area contributed by atoms with Crippen LogP contribution in [-0.2, 0) is 32.9 Å². The van der Waals surface area contributed by atoms with E-state index in [4.69, 9.17) is 14.4 Å². The number of aromatic nitrogens is 3. The molecule has 6 aromatic rings. The third kappa shape index (κ3) is 8.40. The first-order valence-electron chi connectivity index (χ1n) is 17.1. The smallest absolute Gasteiger partial charge is 0.216 e. The maximum atomic E-state index is 6.03. The molecule has 4 heterocycles. The first-order chi connectivity index (χ1) is 22.5. The summed E-state index contributed by atoms with van der Waals surface area (Å²) in [5.74, 6) is 0.831. The largest absolute Gasteiger partial charge is 0.486 e. The minimum atomic E-state index is -1.37. The Hall–Kier alpha value is -3.44. The van der Waals surface area contributed by atoms with Crippen LogP contribution >= 0.6 is 0 Å². The fraction of sp³-hybridized carbons (Fsp3) is 0.357. The van der Waals surface area contributed by atoms with E-state index in [9.17, 15) is 0 Å². The average molecular weight is 830 g/mol. The molecule has 48 heavy (non-hydrogen) atoms. The molecule has 4 nitrogen and oxygen atoms in total. The van der Waals surface area contributed by atoms with Gasteiger partial charge in [-0.15, -0.1) is 54.1 Å². The van der Waals surface area contributed by atoms with Gasteiger partial charge < -0.3 is 14.4 Å². The molecular weight excluding hydrogens is 783 g/mol. The number of furan rings is 1. The Bertz CT molecular complexity index is 1980. The van der Waals surface area contributed by atoms with E-state index in [0.29, 0.717) is 5.71 Å². The molecule has 0 unspecified atom stereocenters. The molecule has 0 aliphatic heterocycles. The van der Waals surface area contributed by atoms with Crippen LogP contribution < -0.4 is 5.19 Å². The molecule has 0 saturated heterocycles. The monoisotopic (exact) mass is 830 g/mol. The zero-order valence-corrected chi connectivity index (χ0v) is 32.8. The fourth-order valence-electron chi connectivity index (χ4n) is 6.82. The number of nitrogens with zero attached hydrogens (tertiary/aromatic N) is 3. The summed E-state index contributed by atoms with van der Waals surface area (Å²) in [7, 11) is -1.37. The first-order valence-corrected chi connectivity index (χ1v) is 20.6. The van der Waals surface area contributed by atoms with E-state index < -0.39 is 8.07 Å². The summed E-state index contributed by atoms with van der Waals surface area (Å²) in [6.07, 6.45) is 13.7. The minimum absolute atomic E-state index is 0. The van der Waals surface area contributed by atoms with Gasteiger partial charge in [-0.2, -0.15) is 0 Å². The number of benzene rings is 2. The fourth-order valence-corrected chi connectivity index (χ4v) is 8.39. The van der Waals surface area contributed by atoms with Crippen LogP contribution in [0.5, 0.6) is 0 Å². The zero-order chi connectivity index (χ0) is 33.2. The summed E-state index contributed by atoms with van der Waals surface area (Å²) in [6.45, 7) is 16.3. The second-order valence-electron chi connectivity index (χ2n) is 15.4. The van der Waals surface area contributed by atoms with Crippen LogP contribution in [0.2, 0.25) is 19.6 Å². The molecule has 2 aromatic carbocycles. The van der Waals surface area contributed by atoms with Crippen molar-refractivity contribution in [2.45, 2.75) is 85.9 Å². The number of fused-ring (bicyclic) bond motifs is 3. The predicted molar refractivity (Wildman–Crippen MR) is 199 cm³/mol. The summed E-state index contributed by atoms with van der Waals surface area (Å²) in [4.78, 5) is 13.8. The molecule has 0 N–H and O–H groups in total. The molecule has 0 amide bonds. The van der Waals surface area contributed by atoms with E-state index in [1.807, 2.05) is 42.5 Å². The van der Waals surface area contributed by atoms with E-state index in [2.05, 4.69) is 95.0 Å². The van der Waals surface area contributed by atoms with Crippen molar-refractivity contribution < 1.29 is 24.5 Å². The van der Waals surface area contributed by atoms with Crippen molar-refractivity contribution in [2.24, 2.45) is 11.3 Å². The van der Waals surface area contributed by atoms with Gasteiger partial charge in [0.1, 0.15) is 0 Å². The Labute approximate surface area is 301 Å². The SMILES string of the molecule is CC(C)(C)Cc1cc(-c2[c-]cccc2)ncc1[Si](C)(C)C.Cc1cc(-c2[c-]ccc3c2oc2ncccc23)ncc1CC1CCCC1.[Ir]. The molecule has 1 radical (unpaired) electrons. The predicted octanol–water partition coefficient (Wildman–Crippen LogP) is 10.6. The summed E-state index contributed by atoms with van der Waals surface area (Å²) in [5.41, 5.74) is 9.86. The maximum Gasteiger partial charge on any atom is 0.216 e. The van der Waals surface area contributed by atoms with E-state index in [-0.39, 0.29) is 25.5 Å². The number of hydrogen-bond acceptors (Lipinski definition) is 4. The van der Waals surface area contributed by atoms with Crippen LogP contribution in [-0.4, -0.2) is 23.0 Å². The van der Waals surface area contributed by atoms with Crippen LogP contribution in [0.4, 0.5) is 0 Å². The third-order valence-electron chi connectivity index (χ3n) is 9.17. The number of rotatable bonds is 6. The van der Waals surface area contributed by atoms with Gasteiger partial charge in [0.05, 0.1) is 13.7 Å². The normalized spacial score (nSPS) is 13.7. The van der Waals surface area contributed by atoms with E-state index in [1.54, 1.807) is 6.20 Å². The molecule has 1 aliphatic rings. The Morgan fingerprint density at radius 2 is 1.60 bits per heavy atom. The minimum Gasteiger partial charge on any atom is -0.486 e. The molecular formula is C42H47IrN3OSi-2. The van der Waals surface area contributed by atoms with Crippen LogP contribution in [0.25, 0.3) is 44.6 Å². The van der Waals surface area contributed by atoms with Crippen molar-refractivity contribution >= 4 is 35.3 Å². The van der Waals surface area contributed by atoms with Gasteiger partial charge in [0.15, 0.2) is 0 Å². The number of aryl methyl sites for hydroxylation is 1. The molecule has 1 fully saturated rings. The average Bonchev–Trinajstić information content (AvgIpc) is 3.69. The van der Waals surface area contributed by atoms with Gasteiger partial charge in [0, 0.05) is 44.1 Å². The van der Waals surface area contributed by atoms with Gasteiger partial charge in [-0.25, -0.2) is 4.98 Å². The molecule has 1 aliphatic carbocycles. The summed E-state index contributed by atoms with van der Waals surface area (Å²) in [5, 5.41) is 3.58. The Morgan fingerprint density at radius 3 is 2.29 bits per heavy atom. The van der Waals surface area contributed by atoms with Gasteiger partial charge in [0.2, 0.25) is 5.71 Å². The van der Waals surface area contributed by atoms with Gasteiger partial charge in [-0.05, 0) is 65.4 Å². The zero-order valence-electron chi connectivity index (χ0n) is 29.4. The molecule has 251 valence electrons. The van der Waals surface area contributed by atoms with Crippen molar-refractivity contribution in [3.63, 3.8) is 0 Å². The molecule has 7 rings (SSSR count). The topological polar surface area (TPSA) is 51.8 Å². The second-order valence-corrected chi connectivity index (χ2v) is 20.4. The van der Waals surface area contributed by atoms with E-state index >= 15 is 0 Å². The maximum absolute atomic E-state index is 6.03. The van der Waals surface area contributed by atoms with Crippen molar-refractivity contribution in [2.75, 3.05) is 0 Å². The number of pyridine rings is 3. The van der Waals surface area contributed by atoms with Crippen LogP contribution in [0, 0.1) is 30.4 Å². The van der Waals surface area contributed by atoms with E-state index in [1.165, 1.54) is 47.6 Å². The summed E-state index contributed by atoms with van der Waals surface area (Å²) >= 11 is 0. The molecule has 1 saturated carbocycles. The van der Waals surface area contributed by atoms with Crippen LogP contribution in [0.1, 0.15) is 63.1 Å². The molecule has 0 bridgehead atoms. The van der Waals surface area contributed by atoms with E-state index in [0.717, 1.165) is 57.6 Å². The molecule has 4 aromatic heterocycles. The Kier molecular flexibility index (Phi) is 11.2. The molecule has 6 heteroatoms. The quantitative estimate of drug-likeness (QED) is 0.124.